The minimum Gasteiger partial charge on any atom is -0.288 e. The third-order valence-corrected chi connectivity index (χ3v) is 5.32. The molecule has 3 nitrogen and oxygen atoms in total. The highest BCUT2D eigenvalue weighted by atomic mass is 16.2. The highest BCUT2D eigenvalue weighted by Crippen LogP contribution is 2.23. The number of aromatic nitrogens is 1. The first-order valence-electron chi connectivity index (χ1n) is 9.29. The predicted molar refractivity (Wildman–Crippen MR) is 111 cm³/mol. The van der Waals surface area contributed by atoms with Crippen LogP contribution in [-0.4, -0.2) is 10.5 Å². The van der Waals surface area contributed by atoms with Gasteiger partial charge in [0, 0.05) is 16.3 Å². The Balaban J connectivity index is 1.96. The van der Waals surface area contributed by atoms with Gasteiger partial charge in [0.05, 0.1) is 11.0 Å². The lowest BCUT2D eigenvalue weighted by atomic mass is 9.97. The van der Waals surface area contributed by atoms with E-state index in [-0.39, 0.29) is 11.3 Å². The molecule has 0 aliphatic carbocycles. The van der Waals surface area contributed by atoms with Crippen LogP contribution in [0, 0.1) is 0 Å². The molecular weight excluding hydrogens is 334 g/mol. The van der Waals surface area contributed by atoms with Gasteiger partial charge in [-0.05, 0) is 54.3 Å². The molecular formula is C24H21NO2. The van der Waals surface area contributed by atoms with E-state index in [4.69, 9.17) is 0 Å². The zero-order valence-corrected chi connectivity index (χ0v) is 15.5. The summed E-state index contributed by atoms with van der Waals surface area (Å²) in [6.07, 6.45) is 1.06. The number of carbonyl (C=O) groups excluding carboxylic acids is 1. The van der Waals surface area contributed by atoms with Crippen LogP contribution in [0.25, 0.3) is 21.8 Å². The number of benzene rings is 3. The summed E-state index contributed by atoms with van der Waals surface area (Å²) in [5, 5.41) is 1.11. The van der Waals surface area contributed by atoms with Gasteiger partial charge in [0.25, 0.3) is 5.91 Å². The summed E-state index contributed by atoms with van der Waals surface area (Å²) in [4.78, 5) is 26.2. The van der Waals surface area contributed by atoms with Gasteiger partial charge in [-0.3, -0.25) is 14.2 Å². The molecule has 134 valence electrons. The Hall–Kier alpha value is -3.20. The molecule has 3 heteroatoms. The van der Waals surface area contributed by atoms with Crippen molar-refractivity contribution >= 4 is 27.7 Å². The third-order valence-electron chi connectivity index (χ3n) is 5.32. The lowest BCUT2D eigenvalue weighted by Crippen LogP contribution is -2.18. The maximum atomic E-state index is 13.4. The molecule has 0 bridgehead atoms. The van der Waals surface area contributed by atoms with Crippen molar-refractivity contribution in [1.82, 2.24) is 4.57 Å². The van der Waals surface area contributed by atoms with Crippen molar-refractivity contribution in [2.75, 3.05) is 0 Å². The van der Waals surface area contributed by atoms with Crippen LogP contribution < -0.4 is 5.43 Å². The summed E-state index contributed by atoms with van der Waals surface area (Å²) in [6, 6.07) is 22.4. The van der Waals surface area contributed by atoms with E-state index in [1.807, 2.05) is 60.7 Å². The predicted octanol–water partition coefficient (Wildman–Crippen LogP) is 5.36. The summed E-state index contributed by atoms with van der Waals surface area (Å²) in [7, 11) is 0. The Morgan fingerprint density at radius 1 is 0.852 bits per heavy atom. The Bertz CT molecular complexity index is 1140. The van der Waals surface area contributed by atoms with Gasteiger partial charge < -0.3 is 0 Å². The van der Waals surface area contributed by atoms with Gasteiger partial charge in [-0.15, -0.1) is 0 Å². The minimum absolute atomic E-state index is 0.0441. The fourth-order valence-corrected chi connectivity index (χ4v) is 3.53. The monoisotopic (exact) mass is 355 g/mol. The molecule has 0 radical (unpaired) electrons. The van der Waals surface area contributed by atoms with E-state index in [1.165, 1.54) is 5.56 Å². The zero-order chi connectivity index (χ0) is 19.0. The lowest BCUT2D eigenvalue weighted by Gasteiger charge is -2.15. The summed E-state index contributed by atoms with van der Waals surface area (Å²) in [6.45, 7) is 4.34. The van der Waals surface area contributed by atoms with Crippen molar-refractivity contribution in [1.29, 1.82) is 0 Å². The minimum atomic E-state index is -0.127. The van der Waals surface area contributed by atoms with Gasteiger partial charge in [-0.2, -0.15) is 0 Å². The van der Waals surface area contributed by atoms with Crippen molar-refractivity contribution in [3.05, 3.63) is 94.1 Å². The molecule has 0 fully saturated rings. The summed E-state index contributed by atoms with van der Waals surface area (Å²) in [5.41, 5.74) is 3.07. The molecule has 0 amide bonds. The van der Waals surface area contributed by atoms with E-state index in [0.29, 0.717) is 33.3 Å². The standard InChI is InChI=1S/C24H21NO2/c1-3-16(2)17-12-14-18(15-13-17)24(27)25-21-10-6-4-8-19(21)23(26)20-9-5-7-11-22(20)25/h4-16H,3H2,1-2H3. The van der Waals surface area contributed by atoms with Crippen molar-refractivity contribution in [2.24, 2.45) is 0 Å². The van der Waals surface area contributed by atoms with Crippen LogP contribution >= 0.6 is 0 Å². The first-order chi connectivity index (χ1) is 13.1. The SMILES string of the molecule is CCC(C)c1ccc(C(=O)n2c3ccccc3c(=O)c3ccccc32)cc1. The number of hydrogen-bond acceptors (Lipinski definition) is 2. The topological polar surface area (TPSA) is 39.1 Å². The van der Waals surface area contributed by atoms with Crippen LogP contribution in [0.4, 0.5) is 0 Å². The number of nitrogens with zero attached hydrogens (tertiary/aromatic N) is 1. The number of hydrogen-bond donors (Lipinski definition) is 0. The lowest BCUT2D eigenvalue weighted by molar-refractivity contribution is 0.0969. The van der Waals surface area contributed by atoms with Gasteiger partial charge in [0.1, 0.15) is 0 Å². The highest BCUT2D eigenvalue weighted by Gasteiger charge is 2.17. The second-order valence-electron chi connectivity index (χ2n) is 6.94. The van der Waals surface area contributed by atoms with Crippen LogP contribution in [0.15, 0.2) is 77.6 Å². The Morgan fingerprint density at radius 3 is 1.89 bits per heavy atom. The molecule has 1 aromatic heterocycles. The molecule has 0 aliphatic rings. The molecule has 0 spiro atoms. The van der Waals surface area contributed by atoms with Gasteiger partial charge in [0.2, 0.25) is 0 Å². The molecule has 0 saturated carbocycles. The van der Waals surface area contributed by atoms with Gasteiger partial charge in [0.15, 0.2) is 5.43 Å². The molecule has 0 saturated heterocycles. The van der Waals surface area contributed by atoms with Crippen LogP contribution in [0.2, 0.25) is 0 Å². The van der Waals surface area contributed by atoms with Crippen molar-refractivity contribution < 1.29 is 4.79 Å². The molecule has 1 unspecified atom stereocenters. The number of carbonyl (C=O) groups is 1. The average molecular weight is 355 g/mol. The molecule has 1 heterocycles. The molecule has 0 N–H and O–H groups in total. The Morgan fingerprint density at radius 2 is 1.37 bits per heavy atom. The number of fused-ring (bicyclic) bond motifs is 2. The van der Waals surface area contributed by atoms with Crippen molar-refractivity contribution in [2.45, 2.75) is 26.2 Å². The second-order valence-corrected chi connectivity index (χ2v) is 6.94. The third kappa shape index (κ3) is 2.85. The maximum absolute atomic E-state index is 13.4. The van der Waals surface area contributed by atoms with Gasteiger partial charge in [-0.1, -0.05) is 50.2 Å². The number of rotatable bonds is 3. The fourth-order valence-electron chi connectivity index (χ4n) is 3.53. The van der Waals surface area contributed by atoms with E-state index in [1.54, 1.807) is 16.7 Å². The van der Waals surface area contributed by atoms with E-state index in [2.05, 4.69) is 13.8 Å². The Labute approximate surface area is 157 Å². The van der Waals surface area contributed by atoms with E-state index in [9.17, 15) is 9.59 Å². The van der Waals surface area contributed by atoms with Gasteiger partial charge >= 0.3 is 0 Å². The fraction of sp³-hybridized carbons (Fsp3) is 0.167. The summed E-state index contributed by atoms with van der Waals surface area (Å²) in [5.74, 6) is 0.335. The second kappa shape index (κ2) is 6.84. The molecule has 27 heavy (non-hydrogen) atoms. The summed E-state index contributed by atoms with van der Waals surface area (Å²) >= 11 is 0. The summed E-state index contributed by atoms with van der Waals surface area (Å²) < 4.78 is 1.66. The average Bonchev–Trinajstić information content (AvgIpc) is 2.73. The van der Waals surface area contributed by atoms with Crippen LogP contribution in [0.3, 0.4) is 0 Å². The normalized spacial score (nSPS) is 12.4. The first kappa shape index (κ1) is 17.2. The van der Waals surface area contributed by atoms with E-state index < -0.39 is 0 Å². The molecule has 4 rings (SSSR count). The van der Waals surface area contributed by atoms with Crippen molar-refractivity contribution in [3.63, 3.8) is 0 Å². The molecule has 0 aliphatic heterocycles. The smallest absolute Gasteiger partial charge is 0.262 e. The van der Waals surface area contributed by atoms with E-state index in [0.717, 1.165) is 6.42 Å². The van der Waals surface area contributed by atoms with E-state index >= 15 is 0 Å². The number of pyridine rings is 1. The molecule has 1 atom stereocenters. The molecule has 3 aromatic carbocycles. The quantitative estimate of drug-likeness (QED) is 0.464. The van der Waals surface area contributed by atoms with Crippen LogP contribution in [0.5, 0.6) is 0 Å². The van der Waals surface area contributed by atoms with Crippen molar-refractivity contribution in [3.8, 4) is 0 Å². The molecule has 4 aromatic rings. The largest absolute Gasteiger partial charge is 0.288 e. The first-order valence-corrected chi connectivity index (χ1v) is 9.29. The van der Waals surface area contributed by atoms with Gasteiger partial charge in [-0.25, -0.2) is 0 Å². The highest BCUT2D eigenvalue weighted by molar-refractivity contribution is 6.08. The van der Waals surface area contributed by atoms with Crippen LogP contribution in [0.1, 0.15) is 42.1 Å². The Kier molecular flexibility index (Phi) is 4.36. The zero-order valence-electron chi connectivity index (χ0n) is 15.5. The van der Waals surface area contributed by atoms with Crippen LogP contribution in [-0.2, 0) is 0 Å². The maximum Gasteiger partial charge on any atom is 0.262 e. The number of para-hydroxylation sites is 2.